The third-order valence-electron chi connectivity index (χ3n) is 3.34. The predicted octanol–water partition coefficient (Wildman–Crippen LogP) is 4.11. The highest BCUT2D eigenvalue weighted by Gasteiger charge is 2.07. The Hall–Kier alpha value is -2.00. The largest absolute Gasteiger partial charge is 0.489 e. The molecule has 0 aliphatic rings. The first-order valence-electron chi connectivity index (χ1n) is 7.14. The highest BCUT2D eigenvalue weighted by molar-refractivity contribution is 6.17. The zero-order valence-corrected chi connectivity index (χ0v) is 13.3. The molecule has 0 aromatic heterocycles. The minimum Gasteiger partial charge on any atom is -0.489 e. The zero-order valence-electron chi connectivity index (χ0n) is 12.5. The van der Waals surface area contributed by atoms with Crippen LogP contribution in [0.25, 0.3) is 0 Å². The summed E-state index contributed by atoms with van der Waals surface area (Å²) in [7, 11) is 1.40. The summed E-state index contributed by atoms with van der Waals surface area (Å²) < 4.78 is 10.6. The molecule has 0 aliphatic heterocycles. The van der Waals surface area contributed by atoms with Crippen LogP contribution in [-0.2, 0) is 28.4 Å². The number of hydrogen-bond donors (Lipinski definition) is 0. The topological polar surface area (TPSA) is 35.5 Å². The Morgan fingerprint density at radius 3 is 2.64 bits per heavy atom. The van der Waals surface area contributed by atoms with E-state index in [-0.39, 0.29) is 5.97 Å². The van der Waals surface area contributed by atoms with Crippen LogP contribution in [0.1, 0.15) is 23.1 Å². The van der Waals surface area contributed by atoms with Crippen LogP contribution in [0.5, 0.6) is 5.75 Å². The van der Waals surface area contributed by atoms with E-state index in [2.05, 4.69) is 4.74 Å². The van der Waals surface area contributed by atoms with E-state index in [1.807, 2.05) is 48.5 Å². The number of esters is 1. The first kappa shape index (κ1) is 16.4. The lowest BCUT2D eigenvalue weighted by Crippen LogP contribution is -2.04. The normalized spacial score (nSPS) is 10.3. The number of alkyl halides is 1. The second kappa shape index (κ2) is 8.44. The third kappa shape index (κ3) is 4.78. The van der Waals surface area contributed by atoms with Gasteiger partial charge in [-0.3, -0.25) is 4.79 Å². The summed E-state index contributed by atoms with van der Waals surface area (Å²) in [5, 5.41) is 0. The first-order valence-corrected chi connectivity index (χ1v) is 7.67. The molecule has 2 aromatic rings. The van der Waals surface area contributed by atoms with Crippen molar-refractivity contribution in [2.45, 2.75) is 25.3 Å². The zero-order chi connectivity index (χ0) is 15.8. The fourth-order valence-electron chi connectivity index (χ4n) is 2.15. The van der Waals surface area contributed by atoms with Gasteiger partial charge >= 0.3 is 5.97 Å². The number of rotatable bonds is 7. The summed E-state index contributed by atoms with van der Waals surface area (Å²) >= 11 is 5.84. The number of carbonyl (C=O) groups is 1. The molecule has 0 fully saturated rings. The van der Waals surface area contributed by atoms with Crippen molar-refractivity contribution in [3.8, 4) is 5.75 Å². The van der Waals surface area contributed by atoms with Crippen LogP contribution in [0.4, 0.5) is 0 Å². The lowest BCUT2D eigenvalue weighted by atomic mass is 10.1. The van der Waals surface area contributed by atoms with Gasteiger partial charge in [0.1, 0.15) is 12.4 Å². The predicted molar refractivity (Wildman–Crippen MR) is 87.1 cm³/mol. The van der Waals surface area contributed by atoms with Crippen LogP contribution in [0.2, 0.25) is 0 Å². The lowest BCUT2D eigenvalue weighted by Gasteiger charge is -2.11. The summed E-state index contributed by atoms with van der Waals surface area (Å²) in [5.74, 6) is 1.07. The summed E-state index contributed by atoms with van der Waals surface area (Å²) in [5.41, 5.74) is 3.14. The Balaban J connectivity index is 2.01. The monoisotopic (exact) mass is 318 g/mol. The van der Waals surface area contributed by atoms with Gasteiger partial charge in [0.2, 0.25) is 0 Å². The molecule has 3 nitrogen and oxygen atoms in total. The average molecular weight is 319 g/mol. The molecular weight excluding hydrogens is 300 g/mol. The number of ether oxygens (including phenoxy) is 2. The minimum atomic E-state index is -0.218. The lowest BCUT2D eigenvalue weighted by molar-refractivity contribution is -0.140. The number of methoxy groups -OCH3 is 1. The molecule has 2 rings (SSSR count). The smallest absolute Gasteiger partial charge is 0.305 e. The Morgan fingerprint density at radius 1 is 1.09 bits per heavy atom. The quantitative estimate of drug-likeness (QED) is 0.569. The summed E-state index contributed by atoms with van der Waals surface area (Å²) in [6.45, 7) is 0.472. The van der Waals surface area contributed by atoms with Crippen LogP contribution in [-0.4, -0.2) is 13.1 Å². The highest BCUT2D eigenvalue weighted by Crippen LogP contribution is 2.21. The van der Waals surface area contributed by atoms with Gasteiger partial charge < -0.3 is 9.47 Å². The van der Waals surface area contributed by atoms with Gasteiger partial charge in [-0.05, 0) is 29.2 Å². The van der Waals surface area contributed by atoms with E-state index in [1.54, 1.807) is 0 Å². The Labute approximate surface area is 135 Å². The Bertz CT molecular complexity index is 625. The number of hydrogen-bond acceptors (Lipinski definition) is 3. The van der Waals surface area contributed by atoms with Crippen molar-refractivity contribution < 1.29 is 14.3 Å². The number of carbonyl (C=O) groups excluding carboxylic acids is 1. The molecule has 0 heterocycles. The molecule has 0 N–H and O–H groups in total. The van der Waals surface area contributed by atoms with Crippen LogP contribution < -0.4 is 4.74 Å². The molecule has 116 valence electrons. The molecule has 0 amide bonds. The number of aryl methyl sites for hydroxylation is 1. The second-order valence-electron chi connectivity index (χ2n) is 4.93. The fourth-order valence-corrected chi connectivity index (χ4v) is 2.32. The molecule has 0 atom stereocenters. The molecule has 0 unspecified atom stereocenters. The minimum absolute atomic E-state index is 0.218. The van der Waals surface area contributed by atoms with Gasteiger partial charge in [-0.25, -0.2) is 0 Å². The molecule has 22 heavy (non-hydrogen) atoms. The average Bonchev–Trinajstić information content (AvgIpc) is 2.58. The van der Waals surface area contributed by atoms with E-state index < -0.39 is 0 Å². The maximum Gasteiger partial charge on any atom is 0.305 e. The van der Waals surface area contributed by atoms with Gasteiger partial charge in [0, 0.05) is 12.3 Å². The molecule has 4 heteroatoms. The van der Waals surface area contributed by atoms with Crippen molar-refractivity contribution in [1.82, 2.24) is 0 Å². The van der Waals surface area contributed by atoms with Gasteiger partial charge in [0.15, 0.2) is 0 Å². The van der Waals surface area contributed by atoms with Crippen molar-refractivity contribution in [2.24, 2.45) is 0 Å². The van der Waals surface area contributed by atoms with Gasteiger partial charge in [-0.1, -0.05) is 42.5 Å². The van der Waals surface area contributed by atoms with Gasteiger partial charge in [-0.2, -0.15) is 0 Å². The van der Waals surface area contributed by atoms with E-state index in [9.17, 15) is 4.79 Å². The number of benzene rings is 2. The summed E-state index contributed by atoms with van der Waals surface area (Å²) in [6.07, 6.45) is 0.948. The van der Waals surface area contributed by atoms with Crippen LogP contribution in [0, 0.1) is 0 Å². The Morgan fingerprint density at radius 2 is 1.86 bits per heavy atom. The molecular formula is C18H19ClO3. The molecule has 0 saturated carbocycles. The fraction of sp³-hybridized carbons (Fsp3) is 0.278. The molecule has 0 spiro atoms. The SMILES string of the molecule is COC(=O)CCc1ccccc1OCc1cccc(CCl)c1. The number of para-hydroxylation sites is 1. The molecule has 2 aromatic carbocycles. The van der Waals surface area contributed by atoms with Crippen LogP contribution in [0.15, 0.2) is 48.5 Å². The van der Waals surface area contributed by atoms with E-state index in [0.717, 1.165) is 22.4 Å². The van der Waals surface area contributed by atoms with Crippen molar-refractivity contribution in [1.29, 1.82) is 0 Å². The maximum atomic E-state index is 11.3. The van der Waals surface area contributed by atoms with Crippen molar-refractivity contribution in [3.63, 3.8) is 0 Å². The highest BCUT2D eigenvalue weighted by atomic mass is 35.5. The Kier molecular flexibility index (Phi) is 6.28. The van der Waals surface area contributed by atoms with Crippen LogP contribution >= 0.6 is 11.6 Å². The first-order chi connectivity index (χ1) is 10.7. The van der Waals surface area contributed by atoms with E-state index in [4.69, 9.17) is 16.3 Å². The van der Waals surface area contributed by atoms with Gasteiger partial charge in [-0.15, -0.1) is 11.6 Å². The van der Waals surface area contributed by atoms with Crippen LogP contribution in [0.3, 0.4) is 0 Å². The van der Waals surface area contributed by atoms with E-state index >= 15 is 0 Å². The van der Waals surface area contributed by atoms with Crippen molar-refractivity contribution in [3.05, 3.63) is 65.2 Å². The van der Waals surface area contributed by atoms with E-state index in [0.29, 0.717) is 25.3 Å². The standard InChI is InChI=1S/C18H19ClO3/c1-21-18(20)10-9-16-7-2-3-8-17(16)22-13-15-6-4-5-14(11-15)12-19/h2-8,11H,9-10,12-13H2,1H3. The van der Waals surface area contributed by atoms with Gasteiger partial charge in [0.05, 0.1) is 7.11 Å². The van der Waals surface area contributed by atoms with Crippen molar-refractivity contribution in [2.75, 3.05) is 7.11 Å². The molecule has 0 radical (unpaired) electrons. The second-order valence-corrected chi connectivity index (χ2v) is 5.19. The maximum absolute atomic E-state index is 11.3. The van der Waals surface area contributed by atoms with Gasteiger partial charge in [0.25, 0.3) is 0 Å². The molecule has 0 aliphatic carbocycles. The summed E-state index contributed by atoms with van der Waals surface area (Å²) in [6, 6.07) is 15.7. The third-order valence-corrected chi connectivity index (χ3v) is 3.65. The molecule has 0 bridgehead atoms. The van der Waals surface area contributed by atoms with E-state index in [1.165, 1.54) is 7.11 Å². The van der Waals surface area contributed by atoms with Crippen molar-refractivity contribution >= 4 is 17.6 Å². The molecule has 0 saturated heterocycles. The summed E-state index contributed by atoms with van der Waals surface area (Å²) in [4.78, 5) is 11.3. The number of halogens is 1.